The van der Waals surface area contributed by atoms with Crippen LogP contribution in [0, 0.1) is 0 Å². The van der Waals surface area contributed by atoms with Gasteiger partial charge in [0.1, 0.15) is 0 Å². The lowest BCUT2D eigenvalue weighted by molar-refractivity contribution is 0.344. The predicted octanol–water partition coefficient (Wildman–Crippen LogP) is 2.36. The second-order valence-electron chi connectivity index (χ2n) is 4.77. The Balaban J connectivity index is 1.65. The highest BCUT2D eigenvalue weighted by atomic mass is 32.1. The van der Waals surface area contributed by atoms with E-state index in [-0.39, 0.29) is 0 Å². The van der Waals surface area contributed by atoms with Crippen LogP contribution in [0.2, 0.25) is 0 Å². The van der Waals surface area contributed by atoms with Gasteiger partial charge in [0.25, 0.3) is 0 Å². The SMILES string of the molecule is CN1CCCC(NCCc2ccsc2)CC1. The molecule has 2 heterocycles. The summed E-state index contributed by atoms with van der Waals surface area (Å²) in [7, 11) is 2.23. The molecule has 0 bridgehead atoms. The Hall–Kier alpha value is -0.380. The summed E-state index contributed by atoms with van der Waals surface area (Å²) in [4.78, 5) is 2.44. The van der Waals surface area contributed by atoms with E-state index >= 15 is 0 Å². The second-order valence-corrected chi connectivity index (χ2v) is 5.55. The molecule has 16 heavy (non-hydrogen) atoms. The first kappa shape index (κ1) is 12.1. The minimum Gasteiger partial charge on any atom is -0.314 e. The lowest BCUT2D eigenvalue weighted by atomic mass is 10.1. The Morgan fingerprint density at radius 1 is 1.44 bits per heavy atom. The number of nitrogens with zero attached hydrogens (tertiary/aromatic N) is 1. The molecule has 1 aliphatic heterocycles. The van der Waals surface area contributed by atoms with E-state index in [9.17, 15) is 0 Å². The quantitative estimate of drug-likeness (QED) is 0.866. The summed E-state index contributed by atoms with van der Waals surface area (Å²) in [5.74, 6) is 0. The first-order valence-corrected chi connectivity index (χ1v) is 7.22. The number of hydrogen-bond donors (Lipinski definition) is 1. The van der Waals surface area contributed by atoms with E-state index in [1.807, 2.05) is 0 Å². The molecule has 1 N–H and O–H groups in total. The summed E-state index contributed by atoms with van der Waals surface area (Å²) >= 11 is 1.79. The van der Waals surface area contributed by atoms with Crippen molar-refractivity contribution in [2.24, 2.45) is 0 Å². The third-order valence-electron chi connectivity index (χ3n) is 3.38. The largest absolute Gasteiger partial charge is 0.314 e. The predicted molar refractivity (Wildman–Crippen MR) is 71.2 cm³/mol. The standard InChI is InChI=1S/C13H22N2S/c1-15-8-2-3-13(5-9-15)14-7-4-12-6-10-16-11-12/h6,10-11,13-14H,2-5,7-9H2,1H3. The van der Waals surface area contributed by atoms with E-state index in [0.29, 0.717) is 0 Å². The van der Waals surface area contributed by atoms with Crippen LogP contribution in [0.3, 0.4) is 0 Å². The van der Waals surface area contributed by atoms with E-state index in [2.05, 4.69) is 34.1 Å². The molecule has 0 aliphatic carbocycles. The number of thiophene rings is 1. The molecule has 1 aliphatic rings. The molecule has 1 saturated heterocycles. The molecule has 1 unspecified atom stereocenters. The summed E-state index contributed by atoms with van der Waals surface area (Å²) in [6.45, 7) is 3.64. The molecule has 1 aromatic heterocycles. The van der Waals surface area contributed by atoms with Crippen molar-refractivity contribution in [3.8, 4) is 0 Å². The molecule has 1 fully saturated rings. The zero-order valence-electron chi connectivity index (χ0n) is 10.1. The second kappa shape index (κ2) is 6.38. The first-order chi connectivity index (χ1) is 7.84. The van der Waals surface area contributed by atoms with Crippen molar-refractivity contribution >= 4 is 11.3 Å². The van der Waals surface area contributed by atoms with Crippen molar-refractivity contribution in [3.05, 3.63) is 22.4 Å². The van der Waals surface area contributed by atoms with Gasteiger partial charge in [0.15, 0.2) is 0 Å². The number of likely N-dealkylation sites (tertiary alicyclic amines) is 1. The van der Waals surface area contributed by atoms with Gasteiger partial charge in [0.05, 0.1) is 0 Å². The highest BCUT2D eigenvalue weighted by molar-refractivity contribution is 7.07. The molecule has 0 radical (unpaired) electrons. The minimum atomic E-state index is 0.739. The van der Waals surface area contributed by atoms with Crippen molar-refractivity contribution in [3.63, 3.8) is 0 Å². The van der Waals surface area contributed by atoms with Crippen LogP contribution in [0.5, 0.6) is 0 Å². The van der Waals surface area contributed by atoms with E-state index < -0.39 is 0 Å². The van der Waals surface area contributed by atoms with Crippen molar-refractivity contribution < 1.29 is 0 Å². The monoisotopic (exact) mass is 238 g/mol. The summed E-state index contributed by atoms with van der Waals surface area (Å²) in [5.41, 5.74) is 1.48. The van der Waals surface area contributed by atoms with Crippen molar-refractivity contribution in [1.29, 1.82) is 0 Å². The lowest BCUT2D eigenvalue weighted by Crippen LogP contribution is -2.31. The van der Waals surface area contributed by atoms with Crippen LogP contribution >= 0.6 is 11.3 Å². The van der Waals surface area contributed by atoms with Gasteiger partial charge in [0.2, 0.25) is 0 Å². The van der Waals surface area contributed by atoms with Gasteiger partial charge in [-0.2, -0.15) is 11.3 Å². The minimum absolute atomic E-state index is 0.739. The molecular formula is C13H22N2S. The molecule has 1 aromatic rings. The van der Waals surface area contributed by atoms with Crippen LogP contribution in [0.25, 0.3) is 0 Å². The summed E-state index contributed by atoms with van der Waals surface area (Å²) < 4.78 is 0. The topological polar surface area (TPSA) is 15.3 Å². The molecule has 0 saturated carbocycles. The fraction of sp³-hybridized carbons (Fsp3) is 0.692. The Morgan fingerprint density at radius 3 is 3.19 bits per heavy atom. The normalized spacial score (nSPS) is 23.2. The van der Waals surface area contributed by atoms with Crippen LogP contribution in [-0.2, 0) is 6.42 Å². The van der Waals surface area contributed by atoms with Gasteiger partial charge in [-0.05, 0) is 74.8 Å². The molecule has 90 valence electrons. The third-order valence-corrected chi connectivity index (χ3v) is 4.11. The number of nitrogens with one attached hydrogen (secondary N) is 1. The van der Waals surface area contributed by atoms with Gasteiger partial charge < -0.3 is 10.2 Å². The summed E-state index contributed by atoms with van der Waals surface area (Å²) in [5, 5.41) is 8.11. The number of rotatable bonds is 4. The van der Waals surface area contributed by atoms with E-state index in [1.54, 1.807) is 11.3 Å². The first-order valence-electron chi connectivity index (χ1n) is 6.27. The molecule has 0 spiro atoms. The van der Waals surface area contributed by atoms with Gasteiger partial charge in [-0.1, -0.05) is 0 Å². The van der Waals surface area contributed by atoms with Crippen molar-refractivity contribution in [2.45, 2.75) is 31.7 Å². The molecule has 2 nitrogen and oxygen atoms in total. The molecule has 0 amide bonds. The van der Waals surface area contributed by atoms with Gasteiger partial charge in [0, 0.05) is 6.04 Å². The molecule has 0 aromatic carbocycles. The lowest BCUT2D eigenvalue weighted by Gasteiger charge is -2.16. The maximum Gasteiger partial charge on any atom is 0.00798 e. The highest BCUT2D eigenvalue weighted by Crippen LogP contribution is 2.10. The van der Waals surface area contributed by atoms with Crippen LogP contribution in [0.4, 0.5) is 0 Å². The molecule has 1 atom stereocenters. The van der Waals surface area contributed by atoms with E-state index in [0.717, 1.165) is 12.6 Å². The maximum absolute atomic E-state index is 3.70. The number of hydrogen-bond acceptors (Lipinski definition) is 3. The highest BCUT2D eigenvalue weighted by Gasteiger charge is 2.13. The molecule has 3 heteroatoms. The fourth-order valence-electron chi connectivity index (χ4n) is 2.30. The zero-order valence-corrected chi connectivity index (χ0v) is 10.9. The van der Waals surface area contributed by atoms with E-state index in [1.165, 1.54) is 44.3 Å². The van der Waals surface area contributed by atoms with Crippen molar-refractivity contribution in [2.75, 3.05) is 26.7 Å². The van der Waals surface area contributed by atoms with Gasteiger partial charge >= 0.3 is 0 Å². The van der Waals surface area contributed by atoms with Crippen LogP contribution in [0.1, 0.15) is 24.8 Å². The van der Waals surface area contributed by atoms with Crippen LogP contribution in [-0.4, -0.2) is 37.6 Å². The van der Waals surface area contributed by atoms with Gasteiger partial charge in [-0.15, -0.1) is 0 Å². The smallest absolute Gasteiger partial charge is 0.00798 e. The average Bonchev–Trinajstić information content (AvgIpc) is 2.70. The zero-order chi connectivity index (χ0) is 11.2. The van der Waals surface area contributed by atoms with Crippen molar-refractivity contribution in [1.82, 2.24) is 10.2 Å². The average molecular weight is 238 g/mol. The Labute approximate surface area is 103 Å². The third kappa shape index (κ3) is 3.89. The van der Waals surface area contributed by atoms with E-state index in [4.69, 9.17) is 0 Å². The fourth-order valence-corrected chi connectivity index (χ4v) is 3.00. The summed E-state index contributed by atoms with van der Waals surface area (Å²) in [6.07, 6.45) is 5.16. The van der Waals surface area contributed by atoms with Gasteiger partial charge in [-0.3, -0.25) is 0 Å². The molecule has 2 rings (SSSR count). The maximum atomic E-state index is 3.70. The Bertz CT molecular complexity index is 284. The Morgan fingerprint density at radius 2 is 2.38 bits per heavy atom. The van der Waals surface area contributed by atoms with Crippen LogP contribution < -0.4 is 5.32 Å². The Kier molecular flexibility index (Phi) is 4.82. The molecular weight excluding hydrogens is 216 g/mol. The van der Waals surface area contributed by atoms with Gasteiger partial charge in [-0.25, -0.2) is 0 Å². The van der Waals surface area contributed by atoms with Crippen LogP contribution in [0.15, 0.2) is 16.8 Å². The summed E-state index contributed by atoms with van der Waals surface area (Å²) in [6, 6.07) is 2.97.